The number of benzene rings is 1. The summed E-state index contributed by atoms with van der Waals surface area (Å²) in [5.74, 6) is 0.142. The maximum absolute atomic E-state index is 11.5. The molecule has 1 N–H and O–H groups in total. The van der Waals surface area contributed by atoms with Crippen molar-refractivity contribution in [2.45, 2.75) is 31.8 Å². The number of rotatable bonds is 7. The smallest absolute Gasteiger partial charge is 0.273 e. The van der Waals surface area contributed by atoms with E-state index in [0.29, 0.717) is 12.8 Å². The molecule has 0 aromatic heterocycles. The van der Waals surface area contributed by atoms with Crippen LogP contribution in [0.15, 0.2) is 42.5 Å². The number of anilines is 1. The molecule has 7 nitrogen and oxygen atoms in total. The summed E-state index contributed by atoms with van der Waals surface area (Å²) in [6.07, 6.45) is 10.8. The Morgan fingerprint density at radius 1 is 1.38 bits per heavy atom. The Morgan fingerprint density at radius 3 is 2.67 bits per heavy atom. The quantitative estimate of drug-likeness (QED) is 0.599. The number of sulfonamides is 1. The van der Waals surface area contributed by atoms with Crippen LogP contribution in [0.5, 0.6) is 5.75 Å². The summed E-state index contributed by atoms with van der Waals surface area (Å²) >= 11 is 0. The first-order valence-corrected chi connectivity index (χ1v) is 9.43. The van der Waals surface area contributed by atoms with Crippen LogP contribution in [-0.2, 0) is 10.0 Å². The van der Waals surface area contributed by atoms with Crippen LogP contribution >= 0.6 is 0 Å². The molecular weight excluding hydrogens is 332 g/mol. The highest BCUT2D eigenvalue weighted by molar-refractivity contribution is 7.92. The third-order valence-electron chi connectivity index (χ3n) is 3.57. The summed E-state index contributed by atoms with van der Waals surface area (Å²) in [5, 5.41) is 11.0. The number of ether oxygens (including phenoxy) is 1. The topological polar surface area (TPSA) is 98.5 Å². The molecule has 0 radical (unpaired) electrons. The molecule has 24 heavy (non-hydrogen) atoms. The van der Waals surface area contributed by atoms with Crippen molar-refractivity contribution < 1.29 is 18.1 Å². The lowest BCUT2D eigenvalue weighted by Gasteiger charge is -2.32. The van der Waals surface area contributed by atoms with Crippen molar-refractivity contribution in [1.82, 2.24) is 0 Å². The Bertz CT molecular complexity index is 786. The van der Waals surface area contributed by atoms with Crippen molar-refractivity contribution in [3.05, 3.63) is 52.6 Å². The molecule has 0 amide bonds. The Morgan fingerprint density at radius 2 is 2.12 bits per heavy atom. The van der Waals surface area contributed by atoms with Gasteiger partial charge in [0.15, 0.2) is 5.75 Å². The third kappa shape index (κ3) is 4.58. The van der Waals surface area contributed by atoms with Gasteiger partial charge in [0.2, 0.25) is 10.0 Å². The molecule has 1 aliphatic rings. The molecule has 0 fully saturated rings. The molecular formula is C16H20N2O5S. The van der Waals surface area contributed by atoms with Gasteiger partial charge in [-0.3, -0.25) is 14.8 Å². The maximum atomic E-state index is 11.5. The summed E-state index contributed by atoms with van der Waals surface area (Å²) < 4.78 is 31.5. The molecule has 1 unspecified atom stereocenters. The van der Waals surface area contributed by atoms with Gasteiger partial charge >= 0.3 is 0 Å². The molecule has 0 bridgehead atoms. The number of nitrogens with one attached hydrogen (secondary N) is 1. The summed E-state index contributed by atoms with van der Waals surface area (Å²) in [7, 11) is -3.54. The fourth-order valence-electron chi connectivity index (χ4n) is 2.59. The van der Waals surface area contributed by atoms with E-state index in [0.717, 1.165) is 12.7 Å². The van der Waals surface area contributed by atoms with Gasteiger partial charge in [0.1, 0.15) is 5.60 Å². The zero-order valence-corrected chi connectivity index (χ0v) is 14.4. The lowest BCUT2D eigenvalue weighted by Crippen LogP contribution is -2.34. The number of nitrogens with zero attached hydrogens (tertiary/aromatic N) is 1. The van der Waals surface area contributed by atoms with Crippen molar-refractivity contribution in [1.29, 1.82) is 0 Å². The van der Waals surface area contributed by atoms with Crippen LogP contribution in [0.2, 0.25) is 0 Å². The van der Waals surface area contributed by atoms with Crippen molar-refractivity contribution >= 4 is 21.4 Å². The molecule has 130 valence electrons. The molecule has 8 heteroatoms. The Kier molecular flexibility index (Phi) is 5.28. The molecule has 1 aliphatic carbocycles. The van der Waals surface area contributed by atoms with Crippen LogP contribution < -0.4 is 9.46 Å². The molecule has 0 spiro atoms. The van der Waals surface area contributed by atoms with E-state index < -0.39 is 20.5 Å². The minimum atomic E-state index is -3.54. The fourth-order valence-corrected chi connectivity index (χ4v) is 3.16. The van der Waals surface area contributed by atoms with Gasteiger partial charge in [0, 0.05) is 12.5 Å². The first-order chi connectivity index (χ1) is 11.2. The van der Waals surface area contributed by atoms with E-state index in [1.54, 1.807) is 0 Å². The number of nitro groups is 1. The Hall–Kier alpha value is -2.35. The number of allylic oxidation sites excluding steroid dienone is 2. The van der Waals surface area contributed by atoms with E-state index in [1.165, 1.54) is 18.2 Å². The summed E-state index contributed by atoms with van der Waals surface area (Å²) in [4.78, 5) is 10.5. The minimum Gasteiger partial charge on any atom is -0.480 e. The zero-order valence-electron chi connectivity index (χ0n) is 13.6. The van der Waals surface area contributed by atoms with Gasteiger partial charge in [-0.15, -0.1) is 0 Å². The molecule has 1 aromatic carbocycles. The number of non-ortho nitro benzene ring substituents is 1. The highest BCUT2D eigenvalue weighted by Crippen LogP contribution is 2.36. The first-order valence-electron chi connectivity index (χ1n) is 7.54. The van der Waals surface area contributed by atoms with Crippen LogP contribution in [0.4, 0.5) is 11.4 Å². The predicted molar refractivity (Wildman–Crippen MR) is 92.7 cm³/mol. The van der Waals surface area contributed by atoms with Crippen molar-refractivity contribution in [3.8, 4) is 5.75 Å². The molecule has 0 heterocycles. The van der Waals surface area contributed by atoms with Crippen LogP contribution in [0, 0.1) is 10.1 Å². The molecule has 0 aliphatic heterocycles. The van der Waals surface area contributed by atoms with Gasteiger partial charge in [-0.05, 0) is 18.6 Å². The first kappa shape index (κ1) is 18.0. The Balaban J connectivity index is 2.44. The third-order valence-corrected chi connectivity index (χ3v) is 4.16. The molecule has 2 rings (SSSR count). The summed E-state index contributed by atoms with van der Waals surface area (Å²) in [6.45, 7) is 2.01. The number of nitro benzene ring substituents is 1. The van der Waals surface area contributed by atoms with Crippen molar-refractivity contribution in [2.24, 2.45) is 0 Å². The SMILES string of the molecule is CCCC1(Oc2cc([N+](=O)[O-])ccc2NS(C)(=O)=O)C=CC=CC1. The second-order valence-corrected chi connectivity index (χ2v) is 7.47. The van der Waals surface area contributed by atoms with Gasteiger partial charge in [-0.1, -0.05) is 31.6 Å². The monoisotopic (exact) mass is 352 g/mol. The number of hydrogen-bond donors (Lipinski definition) is 1. The fraction of sp³-hybridized carbons (Fsp3) is 0.375. The standard InChI is InChI=1S/C16H20N2O5S/c1-3-9-16(10-5-4-6-11-16)23-15-12-13(18(19)20)7-8-14(15)17-24(2,21)22/h4-8,10,12,17H,3,9,11H2,1-2H3. The van der Waals surface area contributed by atoms with Gasteiger partial charge in [-0.25, -0.2) is 8.42 Å². The van der Waals surface area contributed by atoms with Crippen LogP contribution in [0.25, 0.3) is 0 Å². The van der Waals surface area contributed by atoms with Crippen LogP contribution in [-0.4, -0.2) is 25.2 Å². The van der Waals surface area contributed by atoms with Crippen molar-refractivity contribution in [3.63, 3.8) is 0 Å². The van der Waals surface area contributed by atoms with E-state index >= 15 is 0 Å². The molecule has 1 aromatic rings. The lowest BCUT2D eigenvalue weighted by molar-refractivity contribution is -0.384. The van der Waals surface area contributed by atoms with E-state index in [-0.39, 0.29) is 17.1 Å². The van der Waals surface area contributed by atoms with Gasteiger partial charge in [0.25, 0.3) is 5.69 Å². The summed E-state index contributed by atoms with van der Waals surface area (Å²) in [5.41, 5.74) is -0.625. The van der Waals surface area contributed by atoms with Crippen LogP contribution in [0.1, 0.15) is 26.2 Å². The van der Waals surface area contributed by atoms with Gasteiger partial charge < -0.3 is 4.74 Å². The second-order valence-electron chi connectivity index (χ2n) is 5.72. The number of hydrogen-bond acceptors (Lipinski definition) is 5. The largest absolute Gasteiger partial charge is 0.480 e. The zero-order chi connectivity index (χ0) is 17.8. The average Bonchev–Trinajstić information content (AvgIpc) is 2.48. The molecule has 0 saturated carbocycles. The van der Waals surface area contributed by atoms with E-state index in [2.05, 4.69) is 4.72 Å². The van der Waals surface area contributed by atoms with Gasteiger partial charge in [0.05, 0.1) is 22.9 Å². The minimum absolute atomic E-state index is 0.142. The van der Waals surface area contributed by atoms with E-state index in [4.69, 9.17) is 4.74 Å². The summed E-state index contributed by atoms with van der Waals surface area (Å²) in [6, 6.07) is 3.83. The van der Waals surface area contributed by atoms with Crippen LogP contribution in [0.3, 0.4) is 0 Å². The van der Waals surface area contributed by atoms with Gasteiger partial charge in [-0.2, -0.15) is 0 Å². The highest BCUT2D eigenvalue weighted by Gasteiger charge is 2.30. The molecule has 1 atom stereocenters. The maximum Gasteiger partial charge on any atom is 0.273 e. The van der Waals surface area contributed by atoms with Crippen molar-refractivity contribution in [2.75, 3.05) is 11.0 Å². The highest BCUT2D eigenvalue weighted by atomic mass is 32.2. The second kappa shape index (κ2) is 7.04. The lowest BCUT2D eigenvalue weighted by atomic mass is 9.90. The molecule has 0 saturated heterocycles. The van der Waals surface area contributed by atoms with E-state index in [9.17, 15) is 18.5 Å². The van der Waals surface area contributed by atoms with E-state index in [1.807, 2.05) is 31.2 Å². The Labute approximate surface area is 141 Å². The average molecular weight is 352 g/mol. The normalized spacial score (nSPS) is 19.9. The predicted octanol–water partition coefficient (Wildman–Crippen LogP) is 3.40.